The monoisotopic (exact) mass is 313 g/mol. The highest BCUT2D eigenvalue weighted by molar-refractivity contribution is 5.98. The van der Waals surface area contributed by atoms with E-state index in [1.165, 1.54) is 4.68 Å². The number of ether oxygens (including phenoxy) is 1. The van der Waals surface area contributed by atoms with E-state index in [9.17, 15) is 4.79 Å². The first-order valence-electron chi connectivity index (χ1n) is 7.39. The third-order valence-electron chi connectivity index (χ3n) is 3.70. The lowest BCUT2D eigenvalue weighted by molar-refractivity contribution is 0.362. The van der Waals surface area contributed by atoms with Gasteiger partial charge in [-0.1, -0.05) is 24.3 Å². The summed E-state index contributed by atoms with van der Waals surface area (Å²) in [5.41, 5.74) is 0.780. The average Bonchev–Trinajstić information content (AvgIpc) is 2.92. The second kappa shape index (κ2) is 6.26. The van der Waals surface area contributed by atoms with Gasteiger partial charge in [0.1, 0.15) is 5.75 Å². The number of nitrogens with zero attached hydrogens (tertiary/aromatic N) is 3. The highest BCUT2D eigenvalue weighted by Crippen LogP contribution is 2.33. The number of hydrogen-bond acceptors (Lipinski definition) is 5. The van der Waals surface area contributed by atoms with Gasteiger partial charge in [0.05, 0.1) is 13.7 Å². The Morgan fingerprint density at radius 2 is 1.91 bits per heavy atom. The van der Waals surface area contributed by atoms with Crippen molar-refractivity contribution in [3.63, 3.8) is 0 Å². The molecule has 6 nitrogen and oxygen atoms in total. The molecule has 0 fully saturated rings. The van der Waals surface area contributed by atoms with Crippen LogP contribution in [0, 0.1) is 0 Å². The summed E-state index contributed by atoms with van der Waals surface area (Å²) < 4.78 is 12.1. The quantitative estimate of drug-likeness (QED) is 0.723. The van der Waals surface area contributed by atoms with Gasteiger partial charge in [-0.2, -0.15) is 4.68 Å². The minimum absolute atomic E-state index is 0.326. The van der Waals surface area contributed by atoms with Crippen molar-refractivity contribution in [1.82, 2.24) is 14.7 Å². The van der Waals surface area contributed by atoms with Crippen molar-refractivity contribution in [1.29, 1.82) is 0 Å². The smallest absolute Gasteiger partial charge is 0.437 e. The molecule has 3 aromatic rings. The Bertz CT molecular complexity index is 880. The Hall–Kier alpha value is -2.60. The van der Waals surface area contributed by atoms with Crippen LogP contribution in [0.2, 0.25) is 0 Å². The summed E-state index contributed by atoms with van der Waals surface area (Å²) in [6.45, 7) is 1.21. The van der Waals surface area contributed by atoms with Crippen molar-refractivity contribution in [2.45, 2.75) is 6.54 Å². The zero-order chi connectivity index (χ0) is 16.4. The molecule has 0 saturated carbocycles. The van der Waals surface area contributed by atoms with E-state index in [-0.39, 0.29) is 0 Å². The first-order chi connectivity index (χ1) is 11.1. The first kappa shape index (κ1) is 15.3. The van der Waals surface area contributed by atoms with Crippen LogP contribution >= 0.6 is 0 Å². The van der Waals surface area contributed by atoms with Crippen LogP contribution < -0.4 is 10.5 Å². The summed E-state index contributed by atoms with van der Waals surface area (Å²) in [6, 6.07) is 11.5. The molecule has 1 aromatic heterocycles. The van der Waals surface area contributed by atoms with Gasteiger partial charge in [0.15, 0.2) is 0 Å². The minimum Gasteiger partial charge on any atom is -0.496 e. The van der Waals surface area contributed by atoms with Crippen LogP contribution in [0.3, 0.4) is 0 Å². The van der Waals surface area contributed by atoms with Crippen LogP contribution in [0.15, 0.2) is 45.6 Å². The van der Waals surface area contributed by atoms with Crippen LogP contribution in [0.1, 0.15) is 0 Å². The molecular formula is C17H19N3O3. The van der Waals surface area contributed by atoms with Gasteiger partial charge < -0.3 is 14.1 Å². The number of rotatable bonds is 5. The van der Waals surface area contributed by atoms with Crippen molar-refractivity contribution < 1.29 is 9.15 Å². The van der Waals surface area contributed by atoms with E-state index in [0.29, 0.717) is 12.4 Å². The van der Waals surface area contributed by atoms with E-state index in [4.69, 9.17) is 9.15 Å². The molecule has 120 valence electrons. The number of hydrogen-bond donors (Lipinski definition) is 0. The van der Waals surface area contributed by atoms with Gasteiger partial charge >= 0.3 is 5.76 Å². The fourth-order valence-electron chi connectivity index (χ4n) is 2.49. The average molecular weight is 313 g/mol. The Balaban J connectivity index is 2.07. The fourth-order valence-corrected chi connectivity index (χ4v) is 2.49. The number of methoxy groups -OCH3 is 1. The van der Waals surface area contributed by atoms with Crippen LogP contribution in [-0.4, -0.2) is 42.4 Å². The molecule has 0 bridgehead atoms. The van der Waals surface area contributed by atoms with E-state index in [2.05, 4.69) is 5.10 Å². The van der Waals surface area contributed by atoms with Gasteiger partial charge in [-0.15, -0.1) is 5.10 Å². The fraction of sp³-hybridized carbons (Fsp3) is 0.294. The van der Waals surface area contributed by atoms with Gasteiger partial charge in [0.2, 0.25) is 5.89 Å². The molecule has 0 aliphatic carbocycles. The van der Waals surface area contributed by atoms with Crippen molar-refractivity contribution >= 4 is 10.8 Å². The van der Waals surface area contributed by atoms with Gasteiger partial charge in [-0.25, -0.2) is 4.79 Å². The topological polar surface area (TPSA) is 60.5 Å². The number of aromatic nitrogens is 2. The van der Waals surface area contributed by atoms with Crippen molar-refractivity contribution in [3.8, 4) is 17.2 Å². The van der Waals surface area contributed by atoms with E-state index >= 15 is 0 Å². The Morgan fingerprint density at radius 3 is 2.61 bits per heavy atom. The predicted molar refractivity (Wildman–Crippen MR) is 88.8 cm³/mol. The molecule has 0 aliphatic heterocycles. The normalized spacial score (nSPS) is 11.3. The number of fused-ring (bicyclic) bond motifs is 1. The van der Waals surface area contributed by atoms with Crippen molar-refractivity contribution in [3.05, 3.63) is 46.9 Å². The number of benzene rings is 2. The molecule has 0 aliphatic rings. The SMILES string of the molecule is COc1ccc(-c2nn(CCN(C)C)c(=O)o2)c2ccccc12. The Labute approximate surface area is 133 Å². The van der Waals surface area contributed by atoms with Gasteiger partial charge in [-0.3, -0.25) is 0 Å². The molecule has 0 saturated heterocycles. The molecule has 3 rings (SSSR count). The van der Waals surface area contributed by atoms with Gasteiger partial charge in [0, 0.05) is 17.5 Å². The summed E-state index contributed by atoms with van der Waals surface area (Å²) in [4.78, 5) is 14.0. The molecule has 0 unspecified atom stereocenters. The Morgan fingerprint density at radius 1 is 1.17 bits per heavy atom. The van der Waals surface area contributed by atoms with Gasteiger partial charge in [-0.05, 0) is 31.6 Å². The minimum atomic E-state index is -0.443. The molecule has 0 amide bonds. The van der Waals surface area contributed by atoms with Crippen LogP contribution in [0.25, 0.3) is 22.2 Å². The predicted octanol–water partition coefficient (Wildman–Crippen LogP) is 2.23. The third kappa shape index (κ3) is 2.98. The molecule has 0 N–H and O–H groups in total. The van der Waals surface area contributed by atoms with Crippen molar-refractivity contribution in [2.24, 2.45) is 0 Å². The summed E-state index contributed by atoms with van der Waals surface area (Å²) in [5, 5.41) is 6.22. The van der Waals surface area contributed by atoms with E-state index in [1.54, 1.807) is 7.11 Å². The second-order valence-electron chi connectivity index (χ2n) is 5.56. The molecule has 6 heteroatoms. The summed E-state index contributed by atoms with van der Waals surface area (Å²) in [7, 11) is 5.53. The lowest BCUT2D eigenvalue weighted by Crippen LogP contribution is -2.24. The summed E-state index contributed by atoms with van der Waals surface area (Å²) >= 11 is 0. The lowest BCUT2D eigenvalue weighted by Gasteiger charge is -2.08. The molecule has 1 heterocycles. The molecule has 23 heavy (non-hydrogen) atoms. The maximum absolute atomic E-state index is 12.0. The lowest BCUT2D eigenvalue weighted by atomic mass is 10.0. The molecular weight excluding hydrogens is 294 g/mol. The molecule has 0 atom stereocenters. The van der Waals surface area contributed by atoms with E-state index in [0.717, 1.165) is 28.6 Å². The van der Waals surface area contributed by atoms with E-state index in [1.807, 2.05) is 55.4 Å². The zero-order valence-corrected chi connectivity index (χ0v) is 13.4. The largest absolute Gasteiger partial charge is 0.496 e. The standard InChI is InChI=1S/C17H19N3O3/c1-19(2)10-11-20-17(21)23-16(18-20)14-8-9-15(22-3)13-7-5-4-6-12(13)14/h4-9H,10-11H2,1-3H3. The molecule has 0 spiro atoms. The Kier molecular flexibility index (Phi) is 4.16. The van der Waals surface area contributed by atoms with Crippen LogP contribution in [0.5, 0.6) is 5.75 Å². The van der Waals surface area contributed by atoms with Crippen molar-refractivity contribution in [2.75, 3.05) is 27.7 Å². The first-order valence-corrected chi connectivity index (χ1v) is 7.39. The second-order valence-corrected chi connectivity index (χ2v) is 5.56. The maximum Gasteiger partial charge on any atom is 0.437 e. The highest BCUT2D eigenvalue weighted by Gasteiger charge is 2.15. The summed E-state index contributed by atoms with van der Waals surface area (Å²) in [6.07, 6.45) is 0. The van der Waals surface area contributed by atoms with Gasteiger partial charge in [0.25, 0.3) is 0 Å². The number of likely N-dealkylation sites (N-methyl/N-ethyl adjacent to an activating group) is 1. The molecule has 0 radical (unpaired) electrons. The molecule has 2 aromatic carbocycles. The van der Waals surface area contributed by atoms with Crippen LogP contribution in [-0.2, 0) is 6.54 Å². The maximum atomic E-state index is 12.0. The third-order valence-corrected chi connectivity index (χ3v) is 3.70. The van der Waals surface area contributed by atoms with Crippen LogP contribution in [0.4, 0.5) is 0 Å². The van der Waals surface area contributed by atoms with E-state index < -0.39 is 5.76 Å². The highest BCUT2D eigenvalue weighted by atomic mass is 16.5. The summed E-state index contributed by atoms with van der Waals surface area (Å²) in [5.74, 6) is 0.660. The zero-order valence-electron chi connectivity index (χ0n) is 13.4.